The minimum Gasteiger partial charge on any atom is -0.484 e. The highest BCUT2D eigenvalue weighted by molar-refractivity contribution is 7.80. The van der Waals surface area contributed by atoms with E-state index in [2.05, 4.69) is 17.6 Å². The Morgan fingerprint density at radius 2 is 2.00 bits per heavy atom. The van der Waals surface area contributed by atoms with Crippen LogP contribution in [0, 0.1) is 0 Å². The number of nitrogens with one attached hydrogen (secondary N) is 2. The molecule has 0 spiro atoms. The summed E-state index contributed by atoms with van der Waals surface area (Å²) in [5, 5.41) is 6.20. The summed E-state index contributed by atoms with van der Waals surface area (Å²) in [6.07, 6.45) is 3.75. The average molecular weight is 404 g/mol. The van der Waals surface area contributed by atoms with Gasteiger partial charge in [-0.3, -0.25) is 14.9 Å². The van der Waals surface area contributed by atoms with Crippen molar-refractivity contribution in [2.24, 2.45) is 5.73 Å². The molecule has 1 aliphatic rings. The monoisotopic (exact) mass is 403 g/mol. The summed E-state index contributed by atoms with van der Waals surface area (Å²) < 4.78 is 5.46. The quantitative estimate of drug-likeness (QED) is 0.645. The van der Waals surface area contributed by atoms with Crippen LogP contribution in [0.1, 0.15) is 39.7 Å². The molecule has 0 unspecified atom stereocenters. The maximum absolute atomic E-state index is 12.0. The highest BCUT2D eigenvalue weighted by Gasteiger charge is 2.25. The molecule has 1 aliphatic carbocycles. The largest absolute Gasteiger partial charge is 0.484 e. The molecule has 4 N–H and O–H groups in total. The second-order valence-corrected chi connectivity index (χ2v) is 7.73. The van der Waals surface area contributed by atoms with Gasteiger partial charge in [-0.25, -0.2) is 0 Å². The molecule has 1 aromatic carbocycles. The van der Waals surface area contributed by atoms with Crippen LogP contribution in [-0.2, 0) is 24.1 Å². The van der Waals surface area contributed by atoms with Crippen LogP contribution in [0.5, 0.6) is 5.75 Å². The standard InChI is InChI=1S/C19H21N3O3S2/c1-2-11-6-8-12(9-7-11)25-10-15(23)21-19(26)22-18-16(17(20)24)13-4-3-5-14(13)27-18/h6-9H,2-5,10H2,1H3,(H2,20,24)(H2,21,22,23,26). The van der Waals surface area contributed by atoms with Crippen LogP contribution in [0.25, 0.3) is 0 Å². The zero-order valence-electron chi connectivity index (χ0n) is 15.0. The third kappa shape index (κ3) is 4.64. The molecule has 0 bridgehead atoms. The van der Waals surface area contributed by atoms with E-state index in [0.717, 1.165) is 36.1 Å². The van der Waals surface area contributed by atoms with Crippen LogP contribution in [0.3, 0.4) is 0 Å². The van der Waals surface area contributed by atoms with Gasteiger partial charge in [0.05, 0.1) is 5.56 Å². The van der Waals surface area contributed by atoms with E-state index >= 15 is 0 Å². The van der Waals surface area contributed by atoms with E-state index in [1.165, 1.54) is 16.9 Å². The first-order valence-corrected chi connectivity index (χ1v) is 9.97. The average Bonchev–Trinajstić information content (AvgIpc) is 3.20. The summed E-state index contributed by atoms with van der Waals surface area (Å²) in [7, 11) is 0. The fraction of sp³-hybridized carbons (Fsp3) is 0.316. The number of primary amides is 1. The van der Waals surface area contributed by atoms with Crippen molar-refractivity contribution in [1.29, 1.82) is 0 Å². The van der Waals surface area contributed by atoms with Gasteiger partial charge in [-0.05, 0) is 61.2 Å². The number of thiophene rings is 1. The van der Waals surface area contributed by atoms with Crippen molar-refractivity contribution in [3.05, 3.63) is 45.8 Å². The van der Waals surface area contributed by atoms with Gasteiger partial charge in [0, 0.05) is 4.88 Å². The maximum Gasteiger partial charge on any atom is 0.264 e. The lowest BCUT2D eigenvalue weighted by atomic mass is 10.1. The molecule has 6 nitrogen and oxygen atoms in total. The lowest BCUT2D eigenvalue weighted by molar-refractivity contribution is -0.121. The van der Waals surface area contributed by atoms with E-state index in [-0.39, 0.29) is 17.6 Å². The molecular formula is C19H21N3O3S2. The Morgan fingerprint density at radius 3 is 2.67 bits per heavy atom. The Hall–Kier alpha value is -2.45. The molecule has 2 amide bonds. The first-order valence-electron chi connectivity index (χ1n) is 8.74. The second-order valence-electron chi connectivity index (χ2n) is 6.21. The van der Waals surface area contributed by atoms with Crippen LogP contribution in [-0.4, -0.2) is 23.5 Å². The van der Waals surface area contributed by atoms with Crippen molar-refractivity contribution >= 4 is 45.5 Å². The van der Waals surface area contributed by atoms with E-state index in [4.69, 9.17) is 22.7 Å². The van der Waals surface area contributed by atoms with Crippen molar-refractivity contribution in [2.45, 2.75) is 32.6 Å². The number of thiocarbonyl (C=S) groups is 1. The lowest BCUT2D eigenvalue weighted by Gasteiger charge is -2.11. The van der Waals surface area contributed by atoms with Crippen LogP contribution in [0.4, 0.5) is 5.00 Å². The molecule has 142 valence electrons. The SMILES string of the molecule is CCc1ccc(OCC(=O)NC(=S)Nc2sc3c(c2C(N)=O)CCC3)cc1. The van der Waals surface area contributed by atoms with Crippen molar-refractivity contribution in [2.75, 3.05) is 11.9 Å². The molecule has 0 aliphatic heterocycles. The lowest BCUT2D eigenvalue weighted by Crippen LogP contribution is -2.37. The van der Waals surface area contributed by atoms with Gasteiger partial charge in [0.1, 0.15) is 10.8 Å². The minimum absolute atomic E-state index is 0.118. The zero-order valence-corrected chi connectivity index (χ0v) is 16.6. The molecule has 3 rings (SSSR count). The summed E-state index contributed by atoms with van der Waals surface area (Å²) in [6.45, 7) is 1.92. The van der Waals surface area contributed by atoms with E-state index < -0.39 is 5.91 Å². The van der Waals surface area contributed by atoms with Crippen LogP contribution in [0.2, 0.25) is 0 Å². The predicted octanol–water partition coefficient (Wildman–Crippen LogP) is 2.79. The van der Waals surface area contributed by atoms with Crippen molar-refractivity contribution < 1.29 is 14.3 Å². The number of rotatable bonds is 6. The molecule has 0 atom stereocenters. The number of hydrogen-bond donors (Lipinski definition) is 3. The maximum atomic E-state index is 12.0. The first-order chi connectivity index (χ1) is 13.0. The van der Waals surface area contributed by atoms with Gasteiger partial charge < -0.3 is 15.8 Å². The number of carbonyl (C=O) groups excluding carboxylic acids is 2. The fourth-order valence-corrected chi connectivity index (χ4v) is 4.60. The molecule has 1 heterocycles. The highest BCUT2D eigenvalue weighted by atomic mass is 32.1. The van der Waals surface area contributed by atoms with Crippen LogP contribution < -0.4 is 21.1 Å². The molecule has 1 aromatic heterocycles. The summed E-state index contributed by atoms with van der Waals surface area (Å²) >= 11 is 6.65. The number of benzene rings is 1. The van der Waals surface area contributed by atoms with E-state index in [1.807, 2.05) is 24.3 Å². The van der Waals surface area contributed by atoms with Crippen molar-refractivity contribution in [3.8, 4) is 5.75 Å². The van der Waals surface area contributed by atoms with Crippen LogP contribution in [0.15, 0.2) is 24.3 Å². The number of amides is 2. The van der Waals surface area contributed by atoms with Crippen molar-refractivity contribution in [3.63, 3.8) is 0 Å². The third-order valence-corrected chi connectivity index (χ3v) is 5.76. The molecule has 27 heavy (non-hydrogen) atoms. The van der Waals surface area contributed by atoms with Gasteiger partial charge in [-0.15, -0.1) is 11.3 Å². The van der Waals surface area contributed by atoms with Crippen molar-refractivity contribution in [1.82, 2.24) is 5.32 Å². The highest BCUT2D eigenvalue weighted by Crippen LogP contribution is 2.38. The number of nitrogens with two attached hydrogens (primary N) is 1. The van der Waals surface area contributed by atoms with Crippen LogP contribution >= 0.6 is 23.6 Å². The molecular weight excluding hydrogens is 382 g/mol. The van der Waals surface area contributed by atoms with E-state index in [0.29, 0.717) is 16.3 Å². The number of anilines is 1. The summed E-state index contributed by atoms with van der Waals surface area (Å²) in [5.74, 6) is -0.242. The Morgan fingerprint density at radius 1 is 1.26 bits per heavy atom. The topological polar surface area (TPSA) is 93.4 Å². The van der Waals surface area contributed by atoms with Gasteiger partial charge >= 0.3 is 0 Å². The first kappa shape index (κ1) is 19.3. The van der Waals surface area contributed by atoms with E-state index in [1.54, 1.807) is 0 Å². The molecule has 0 fully saturated rings. The molecule has 2 aromatic rings. The number of fused-ring (bicyclic) bond motifs is 1. The van der Waals surface area contributed by atoms with E-state index in [9.17, 15) is 9.59 Å². The van der Waals surface area contributed by atoms with Gasteiger partial charge in [-0.2, -0.15) is 0 Å². The number of ether oxygens (including phenoxy) is 1. The third-order valence-electron chi connectivity index (χ3n) is 4.35. The summed E-state index contributed by atoms with van der Waals surface area (Å²) in [4.78, 5) is 25.0. The number of carbonyl (C=O) groups is 2. The van der Waals surface area contributed by atoms with Gasteiger partial charge in [0.2, 0.25) is 0 Å². The molecule has 0 saturated carbocycles. The number of hydrogen-bond acceptors (Lipinski definition) is 5. The molecule has 0 radical (unpaired) electrons. The smallest absolute Gasteiger partial charge is 0.264 e. The Labute approximate surface area is 167 Å². The Bertz CT molecular complexity index is 875. The summed E-state index contributed by atoms with van der Waals surface area (Å²) in [5.41, 5.74) is 8.20. The zero-order chi connectivity index (χ0) is 19.4. The molecule has 8 heteroatoms. The minimum atomic E-state index is -0.482. The Balaban J connectivity index is 1.54. The van der Waals surface area contributed by atoms with Gasteiger partial charge in [-0.1, -0.05) is 19.1 Å². The normalized spacial score (nSPS) is 12.3. The Kier molecular flexibility index (Phi) is 6.08. The second kappa shape index (κ2) is 8.49. The van der Waals surface area contributed by atoms with Gasteiger partial charge in [0.15, 0.2) is 11.7 Å². The number of aryl methyl sites for hydroxylation is 2. The fourth-order valence-electron chi connectivity index (χ4n) is 3.02. The summed E-state index contributed by atoms with van der Waals surface area (Å²) in [6, 6.07) is 7.57. The predicted molar refractivity (Wildman–Crippen MR) is 111 cm³/mol. The molecule has 0 saturated heterocycles. The van der Waals surface area contributed by atoms with Gasteiger partial charge in [0.25, 0.3) is 11.8 Å².